The number of para-hydroxylation sites is 1. The van der Waals surface area contributed by atoms with Crippen molar-refractivity contribution in [2.45, 2.75) is 51.4 Å². The fourth-order valence-corrected chi connectivity index (χ4v) is 4.71. The number of hydrogen-bond acceptors (Lipinski definition) is 6. The first-order chi connectivity index (χ1) is 20.2. The van der Waals surface area contributed by atoms with Crippen LogP contribution in [0.4, 0.5) is 18.9 Å². The molecule has 0 radical (unpaired) electrons. The van der Waals surface area contributed by atoms with Crippen molar-refractivity contribution in [2.75, 3.05) is 31.1 Å². The van der Waals surface area contributed by atoms with E-state index in [-0.39, 0.29) is 44.7 Å². The number of nitrogens with zero attached hydrogens (tertiary/aromatic N) is 3. The number of esters is 1. The van der Waals surface area contributed by atoms with Gasteiger partial charge in [-0.1, -0.05) is 24.3 Å². The average molecular weight is 602 g/mol. The quantitative estimate of drug-likeness (QED) is 0.380. The second-order valence-corrected chi connectivity index (χ2v) is 11.2. The number of aromatic amines is 1. The second kappa shape index (κ2) is 12.8. The molecule has 2 N–H and O–H groups in total. The molecule has 0 bridgehead atoms. The van der Waals surface area contributed by atoms with E-state index >= 15 is 0 Å². The smallest absolute Gasteiger partial charge is 0.416 e. The lowest BCUT2D eigenvalue weighted by Crippen LogP contribution is -2.55. The van der Waals surface area contributed by atoms with Gasteiger partial charge in [0.05, 0.1) is 11.3 Å². The number of alkyl halides is 3. The van der Waals surface area contributed by atoms with Gasteiger partial charge in [-0.3, -0.25) is 24.3 Å². The van der Waals surface area contributed by atoms with Crippen LogP contribution in [-0.4, -0.2) is 70.3 Å². The standard InChI is InChI=1S/C30H34F3N5O5/c1-29(2,3)43-26(40)13-12-23(34-27(41)24-19-25(39)38(35-24)21-9-5-4-6-10-21)28(42)37-16-14-36(15-17-37)22-11-7-8-20(18-22)30(31,32)33/h4-11,18-19,23,35H,12-17H2,1-3H3,(H,34,41)/t23-/m0/s1. The molecule has 1 aliphatic heterocycles. The highest BCUT2D eigenvalue weighted by Gasteiger charge is 2.33. The summed E-state index contributed by atoms with van der Waals surface area (Å²) < 4.78 is 46.1. The molecule has 43 heavy (non-hydrogen) atoms. The zero-order chi connectivity index (χ0) is 31.4. The van der Waals surface area contributed by atoms with Gasteiger partial charge >= 0.3 is 12.1 Å². The first-order valence-electron chi connectivity index (χ1n) is 13.8. The van der Waals surface area contributed by atoms with E-state index in [9.17, 15) is 32.3 Å². The summed E-state index contributed by atoms with van der Waals surface area (Å²) in [6, 6.07) is 13.6. The molecule has 13 heteroatoms. The number of anilines is 1. The molecule has 0 spiro atoms. The number of ether oxygens (including phenoxy) is 1. The minimum Gasteiger partial charge on any atom is -0.460 e. The van der Waals surface area contributed by atoms with Crippen molar-refractivity contribution in [2.24, 2.45) is 0 Å². The zero-order valence-corrected chi connectivity index (χ0v) is 24.1. The van der Waals surface area contributed by atoms with Crippen molar-refractivity contribution in [3.8, 4) is 5.69 Å². The van der Waals surface area contributed by atoms with Gasteiger partial charge in [0.1, 0.15) is 17.3 Å². The fraction of sp³-hybridized carbons (Fsp3) is 0.400. The maximum atomic E-state index is 13.6. The number of hydrogen-bond donors (Lipinski definition) is 2. The van der Waals surface area contributed by atoms with Crippen LogP contribution in [-0.2, 0) is 20.5 Å². The first-order valence-corrected chi connectivity index (χ1v) is 13.8. The Balaban J connectivity index is 1.47. The van der Waals surface area contributed by atoms with E-state index in [1.165, 1.54) is 15.6 Å². The van der Waals surface area contributed by atoms with Crippen LogP contribution in [0.15, 0.2) is 65.5 Å². The molecule has 0 unspecified atom stereocenters. The number of nitrogens with one attached hydrogen (secondary N) is 2. The van der Waals surface area contributed by atoms with Crippen molar-refractivity contribution < 1.29 is 32.3 Å². The van der Waals surface area contributed by atoms with Gasteiger partial charge in [-0.2, -0.15) is 13.2 Å². The molecule has 3 aromatic rings. The molecular formula is C30H34F3N5O5. The Labute approximate surface area is 246 Å². The maximum Gasteiger partial charge on any atom is 0.416 e. The van der Waals surface area contributed by atoms with Crippen LogP contribution in [0, 0.1) is 0 Å². The molecule has 10 nitrogen and oxygen atoms in total. The summed E-state index contributed by atoms with van der Waals surface area (Å²) in [4.78, 5) is 55.0. The molecule has 2 amide bonds. The van der Waals surface area contributed by atoms with Crippen LogP contribution in [0.3, 0.4) is 0 Å². The monoisotopic (exact) mass is 601 g/mol. The molecule has 1 aliphatic rings. The van der Waals surface area contributed by atoms with Crippen LogP contribution in [0.5, 0.6) is 0 Å². The molecule has 1 fully saturated rings. The molecule has 0 saturated carbocycles. The summed E-state index contributed by atoms with van der Waals surface area (Å²) in [5, 5.41) is 5.39. The van der Waals surface area contributed by atoms with Crippen LogP contribution < -0.4 is 15.8 Å². The molecule has 230 valence electrons. The van der Waals surface area contributed by atoms with Gasteiger partial charge in [-0.15, -0.1) is 0 Å². The van der Waals surface area contributed by atoms with E-state index in [0.717, 1.165) is 18.2 Å². The van der Waals surface area contributed by atoms with Crippen molar-refractivity contribution >= 4 is 23.5 Å². The van der Waals surface area contributed by atoms with Gasteiger partial charge in [0.2, 0.25) is 5.91 Å². The lowest BCUT2D eigenvalue weighted by atomic mass is 10.1. The number of amides is 2. The summed E-state index contributed by atoms with van der Waals surface area (Å²) in [5.74, 6) is -1.71. The predicted octanol–water partition coefficient (Wildman–Crippen LogP) is 3.75. The Morgan fingerprint density at radius 1 is 0.930 bits per heavy atom. The van der Waals surface area contributed by atoms with Crippen LogP contribution in [0.2, 0.25) is 0 Å². The summed E-state index contributed by atoms with van der Waals surface area (Å²) in [7, 11) is 0. The molecule has 1 atom stereocenters. The van der Waals surface area contributed by atoms with E-state index < -0.39 is 46.7 Å². The van der Waals surface area contributed by atoms with E-state index in [1.807, 2.05) is 0 Å². The second-order valence-electron chi connectivity index (χ2n) is 11.2. The Morgan fingerprint density at radius 2 is 1.58 bits per heavy atom. The van der Waals surface area contributed by atoms with Crippen molar-refractivity contribution in [1.29, 1.82) is 0 Å². The molecule has 2 heterocycles. The molecule has 0 aliphatic carbocycles. The fourth-order valence-electron chi connectivity index (χ4n) is 4.71. The third-order valence-electron chi connectivity index (χ3n) is 6.77. The molecule has 1 aromatic heterocycles. The highest BCUT2D eigenvalue weighted by atomic mass is 19.4. The van der Waals surface area contributed by atoms with Crippen molar-refractivity contribution in [3.05, 3.63) is 82.3 Å². The number of piperazine rings is 1. The van der Waals surface area contributed by atoms with E-state index in [1.54, 1.807) is 62.1 Å². The van der Waals surface area contributed by atoms with Crippen LogP contribution in [0.25, 0.3) is 5.69 Å². The van der Waals surface area contributed by atoms with Gasteiger partial charge in [0, 0.05) is 44.4 Å². The van der Waals surface area contributed by atoms with Crippen LogP contribution in [0.1, 0.15) is 49.7 Å². The van der Waals surface area contributed by atoms with E-state index in [2.05, 4.69) is 10.4 Å². The summed E-state index contributed by atoms with van der Waals surface area (Å²) >= 11 is 0. The number of rotatable bonds is 8. The number of aromatic nitrogens is 2. The number of halogens is 3. The summed E-state index contributed by atoms with van der Waals surface area (Å²) in [6.07, 6.45) is -4.68. The van der Waals surface area contributed by atoms with Gasteiger partial charge in [-0.05, 0) is 57.5 Å². The molecule has 2 aromatic carbocycles. The number of carbonyl (C=O) groups excluding carboxylic acids is 3. The summed E-state index contributed by atoms with van der Waals surface area (Å²) in [5.41, 5.74) is -1.13. The Morgan fingerprint density at radius 3 is 2.21 bits per heavy atom. The number of benzene rings is 2. The maximum absolute atomic E-state index is 13.6. The topological polar surface area (TPSA) is 117 Å². The van der Waals surface area contributed by atoms with E-state index in [0.29, 0.717) is 11.4 Å². The Kier molecular flexibility index (Phi) is 9.31. The average Bonchev–Trinajstić information content (AvgIpc) is 3.35. The highest BCUT2D eigenvalue weighted by Crippen LogP contribution is 2.32. The normalized spacial score (nSPS) is 14.7. The first kappa shape index (κ1) is 31.4. The summed E-state index contributed by atoms with van der Waals surface area (Å²) in [6.45, 7) is 6.07. The van der Waals surface area contributed by atoms with Gasteiger partial charge in [0.15, 0.2) is 0 Å². The molecular weight excluding hydrogens is 567 g/mol. The predicted molar refractivity (Wildman–Crippen MR) is 153 cm³/mol. The third-order valence-corrected chi connectivity index (χ3v) is 6.77. The highest BCUT2D eigenvalue weighted by molar-refractivity contribution is 5.96. The Hall–Kier alpha value is -4.55. The van der Waals surface area contributed by atoms with Gasteiger partial charge in [-0.25, -0.2) is 4.68 Å². The minimum atomic E-state index is -4.47. The SMILES string of the molecule is CC(C)(C)OC(=O)CC[C@H](NC(=O)c1cc(=O)n(-c2ccccc2)[nH]1)C(=O)N1CCN(c2cccc(C(F)(F)F)c2)CC1. The number of H-pyrrole nitrogens is 1. The molecule has 1 saturated heterocycles. The van der Waals surface area contributed by atoms with Gasteiger partial charge < -0.3 is 19.9 Å². The van der Waals surface area contributed by atoms with Crippen molar-refractivity contribution in [1.82, 2.24) is 20.0 Å². The largest absolute Gasteiger partial charge is 0.460 e. The zero-order valence-electron chi connectivity index (χ0n) is 24.1. The third kappa shape index (κ3) is 8.27. The van der Waals surface area contributed by atoms with E-state index in [4.69, 9.17) is 4.74 Å². The Bertz CT molecular complexity index is 1500. The lowest BCUT2D eigenvalue weighted by Gasteiger charge is -2.37. The number of carbonyl (C=O) groups is 3. The van der Waals surface area contributed by atoms with Crippen LogP contribution >= 0.6 is 0 Å². The van der Waals surface area contributed by atoms with Gasteiger partial charge in [0.25, 0.3) is 11.5 Å². The van der Waals surface area contributed by atoms with Crippen molar-refractivity contribution in [3.63, 3.8) is 0 Å². The lowest BCUT2D eigenvalue weighted by molar-refractivity contribution is -0.155. The minimum absolute atomic E-state index is 0.0586. The molecule has 4 rings (SSSR count).